The third kappa shape index (κ3) is 4.52. The van der Waals surface area contributed by atoms with Gasteiger partial charge in [-0.15, -0.1) is 22.7 Å². The van der Waals surface area contributed by atoms with Crippen LogP contribution in [0.1, 0.15) is 35.2 Å². The summed E-state index contributed by atoms with van der Waals surface area (Å²) in [5.74, 6) is -0.273. The number of para-hydroxylation sites is 2. The summed E-state index contributed by atoms with van der Waals surface area (Å²) in [7, 11) is 0. The Bertz CT molecular complexity index is 1240. The molecule has 3 heterocycles. The van der Waals surface area contributed by atoms with E-state index < -0.39 is 0 Å². The number of carbonyl (C=O) groups is 1. The Hall–Kier alpha value is -3.35. The first-order valence-electron chi connectivity index (χ1n) is 11.4. The predicted molar refractivity (Wildman–Crippen MR) is 141 cm³/mol. The van der Waals surface area contributed by atoms with Crippen LogP contribution in [0.2, 0.25) is 0 Å². The van der Waals surface area contributed by atoms with E-state index in [1.54, 1.807) is 22.7 Å². The monoisotopic (exact) mass is 486 g/mol. The lowest BCUT2D eigenvalue weighted by molar-refractivity contribution is -0.139. The van der Waals surface area contributed by atoms with Crippen LogP contribution < -0.4 is 10.2 Å². The van der Waals surface area contributed by atoms with Crippen molar-refractivity contribution < 1.29 is 9.53 Å². The Balaban J connectivity index is 1.73. The SMILES string of the molecule is CCOC(=O)C1=C(Nc2ccccc2)CC(c2cccs2)N(c2ccccc2)C1c1cccs1. The van der Waals surface area contributed by atoms with Crippen molar-refractivity contribution >= 4 is 40.0 Å². The van der Waals surface area contributed by atoms with Gasteiger partial charge in [-0.2, -0.15) is 0 Å². The number of thiophene rings is 2. The lowest BCUT2D eigenvalue weighted by atomic mass is 9.89. The molecule has 0 spiro atoms. The molecule has 1 N–H and O–H groups in total. The molecule has 0 bridgehead atoms. The Morgan fingerprint density at radius 2 is 1.56 bits per heavy atom. The normalized spacial score (nSPS) is 18.1. The van der Waals surface area contributed by atoms with Crippen LogP contribution in [-0.4, -0.2) is 12.6 Å². The second-order valence-electron chi connectivity index (χ2n) is 8.00. The van der Waals surface area contributed by atoms with E-state index in [9.17, 15) is 4.79 Å². The minimum absolute atomic E-state index is 0.0684. The molecule has 2 unspecified atom stereocenters. The highest BCUT2D eigenvalue weighted by Gasteiger charge is 2.42. The van der Waals surface area contributed by atoms with Gasteiger partial charge in [0.2, 0.25) is 0 Å². The molecule has 0 saturated carbocycles. The number of nitrogens with one attached hydrogen (secondary N) is 1. The molecule has 0 radical (unpaired) electrons. The Labute approximate surface area is 208 Å². The van der Waals surface area contributed by atoms with Gasteiger partial charge in [-0.1, -0.05) is 48.5 Å². The summed E-state index contributed by atoms with van der Waals surface area (Å²) in [6.45, 7) is 2.19. The number of hydrogen-bond acceptors (Lipinski definition) is 6. The number of nitrogens with zero attached hydrogens (tertiary/aromatic N) is 1. The Morgan fingerprint density at radius 3 is 2.18 bits per heavy atom. The smallest absolute Gasteiger partial charge is 0.338 e. The van der Waals surface area contributed by atoms with Crippen molar-refractivity contribution in [3.8, 4) is 0 Å². The van der Waals surface area contributed by atoms with Crippen LogP contribution in [-0.2, 0) is 9.53 Å². The van der Waals surface area contributed by atoms with Gasteiger partial charge in [0.15, 0.2) is 0 Å². The van der Waals surface area contributed by atoms with Crippen LogP contribution in [0, 0.1) is 0 Å². The number of benzene rings is 2. The summed E-state index contributed by atoms with van der Waals surface area (Å²) in [5, 5.41) is 7.78. The van der Waals surface area contributed by atoms with Crippen molar-refractivity contribution in [2.75, 3.05) is 16.8 Å². The number of esters is 1. The lowest BCUT2D eigenvalue weighted by Gasteiger charge is -2.44. The van der Waals surface area contributed by atoms with E-state index in [0.717, 1.165) is 21.9 Å². The number of hydrogen-bond donors (Lipinski definition) is 1. The maximum atomic E-state index is 13.5. The van der Waals surface area contributed by atoms with Gasteiger partial charge in [-0.25, -0.2) is 4.79 Å². The fourth-order valence-electron chi connectivity index (χ4n) is 4.52. The third-order valence-corrected chi connectivity index (χ3v) is 7.81. The van der Waals surface area contributed by atoms with Crippen LogP contribution in [0.25, 0.3) is 0 Å². The van der Waals surface area contributed by atoms with Crippen molar-refractivity contribution in [3.63, 3.8) is 0 Å². The molecule has 34 heavy (non-hydrogen) atoms. The quantitative estimate of drug-likeness (QED) is 0.276. The Kier molecular flexibility index (Phi) is 6.79. The molecule has 2 aromatic carbocycles. The largest absolute Gasteiger partial charge is 0.463 e. The molecule has 0 fully saturated rings. The van der Waals surface area contributed by atoms with Crippen LogP contribution >= 0.6 is 22.7 Å². The minimum Gasteiger partial charge on any atom is -0.463 e. The van der Waals surface area contributed by atoms with E-state index in [1.807, 2.05) is 49.4 Å². The highest BCUT2D eigenvalue weighted by atomic mass is 32.1. The van der Waals surface area contributed by atoms with Crippen molar-refractivity contribution in [2.45, 2.75) is 25.4 Å². The van der Waals surface area contributed by atoms with Gasteiger partial charge in [0, 0.05) is 33.2 Å². The molecule has 2 atom stereocenters. The summed E-state index contributed by atoms with van der Waals surface area (Å²) < 4.78 is 5.63. The zero-order chi connectivity index (χ0) is 23.3. The summed E-state index contributed by atoms with van der Waals surface area (Å²) in [6, 6.07) is 28.7. The molecule has 0 amide bonds. The first kappa shape index (κ1) is 22.4. The van der Waals surface area contributed by atoms with Gasteiger partial charge >= 0.3 is 5.97 Å². The molecule has 0 aliphatic carbocycles. The zero-order valence-corrected chi connectivity index (χ0v) is 20.5. The fourth-order valence-corrected chi connectivity index (χ4v) is 6.17. The van der Waals surface area contributed by atoms with Gasteiger partial charge in [0.05, 0.1) is 24.3 Å². The second-order valence-corrected chi connectivity index (χ2v) is 9.96. The molecule has 5 rings (SSSR count). The van der Waals surface area contributed by atoms with Gasteiger partial charge < -0.3 is 15.0 Å². The standard InChI is InChI=1S/C28H26N2O2S2/c1-2-32-28(31)26-22(29-20-11-5-3-6-12-20)19-23(24-15-9-17-33-24)30(21-13-7-4-8-14-21)27(26)25-16-10-18-34-25/h3-18,23,27,29H,2,19H2,1H3. The number of anilines is 2. The van der Waals surface area contributed by atoms with Gasteiger partial charge in [-0.05, 0) is 54.1 Å². The van der Waals surface area contributed by atoms with Gasteiger partial charge in [-0.3, -0.25) is 0 Å². The van der Waals surface area contributed by atoms with Crippen molar-refractivity contribution in [2.24, 2.45) is 0 Å². The average molecular weight is 487 g/mol. The first-order chi connectivity index (χ1) is 16.8. The van der Waals surface area contributed by atoms with E-state index in [4.69, 9.17) is 4.74 Å². The molecule has 4 aromatic rings. The number of ether oxygens (including phenoxy) is 1. The highest BCUT2D eigenvalue weighted by Crippen LogP contribution is 2.49. The minimum atomic E-state index is -0.273. The zero-order valence-electron chi connectivity index (χ0n) is 18.9. The van der Waals surface area contributed by atoms with Crippen molar-refractivity contribution in [1.29, 1.82) is 0 Å². The van der Waals surface area contributed by atoms with Crippen molar-refractivity contribution in [3.05, 3.63) is 117 Å². The molecule has 4 nitrogen and oxygen atoms in total. The second kappa shape index (κ2) is 10.3. The Morgan fingerprint density at radius 1 is 0.912 bits per heavy atom. The summed E-state index contributed by atoms with van der Waals surface area (Å²) >= 11 is 3.42. The third-order valence-electron chi connectivity index (χ3n) is 5.91. The van der Waals surface area contributed by atoms with E-state index >= 15 is 0 Å². The topological polar surface area (TPSA) is 41.6 Å². The highest BCUT2D eigenvalue weighted by molar-refractivity contribution is 7.10. The van der Waals surface area contributed by atoms with Crippen molar-refractivity contribution in [1.82, 2.24) is 0 Å². The molecule has 2 aromatic heterocycles. The van der Waals surface area contributed by atoms with Crippen LogP contribution in [0.15, 0.2) is 107 Å². The fraction of sp³-hybridized carbons (Fsp3) is 0.179. The number of carbonyl (C=O) groups excluding carboxylic acids is 1. The van der Waals surface area contributed by atoms with E-state index in [-0.39, 0.29) is 18.1 Å². The van der Waals surface area contributed by atoms with Gasteiger partial charge in [0.1, 0.15) is 0 Å². The van der Waals surface area contributed by atoms with E-state index in [2.05, 4.69) is 63.4 Å². The lowest BCUT2D eigenvalue weighted by Crippen LogP contribution is -2.41. The maximum absolute atomic E-state index is 13.5. The molecular formula is C28H26N2O2S2. The average Bonchev–Trinajstić information content (AvgIpc) is 3.59. The molecule has 172 valence electrons. The van der Waals surface area contributed by atoms with Crippen LogP contribution in [0.4, 0.5) is 11.4 Å². The maximum Gasteiger partial charge on any atom is 0.338 e. The first-order valence-corrected chi connectivity index (χ1v) is 13.1. The summed E-state index contributed by atoms with van der Waals surface area (Å²) in [6.07, 6.45) is 0.667. The molecular weight excluding hydrogens is 460 g/mol. The molecule has 1 aliphatic heterocycles. The molecule has 6 heteroatoms. The number of rotatable bonds is 7. The predicted octanol–water partition coefficient (Wildman–Crippen LogP) is 7.43. The van der Waals surface area contributed by atoms with Gasteiger partial charge in [0.25, 0.3) is 0 Å². The van der Waals surface area contributed by atoms with Crippen LogP contribution in [0.3, 0.4) is 0 Å². The molecule has 0 saturated heterocycles. The van der Waals surface area contributed by atoms with E-state index in [1.165, 1.54) is 4.88 Å². The summed E-state index contributed by atoms with van der Waals surface area (Å²) in [4.78, 5) is 18.3. The summed E-state index contributed by atoms with van der Waals surface area (Å²) in [5.41, 5.74) is 3.63. The van der Waals surface area contributed by atoms with Crippen LogP contribution in [0.5, 0.6) is 0 Å². The molecule has 1 aliphatic rings. The van der Waals surface area contributed by atoms with E-state index in [0.29, 0.717) is 18.6 Å².